The maximum absolute atomic E-state index is 4.36. The smallest absolute Gasteiger partial charge is 0.0641 e. The van der Waals surface area contributed by atoms with Crippen LogP contribution in [-0.4, -0.2) is 41.4 Å². The Kier molecular flexibility index (Phi) is 4.50. The van der Waals surface area contributed by atoms with Crippen LogP contribution in [0.4, 0.5) is 0 Å². The number of likely N-dealkylation sites (N-methyl/N-ethyl adjacent to an activating group) is 1. The Morgan fingerprint density at radius 3 is 2.50 bits per heavy atom. The molecule has 0 saturated carbocycles. The summed E-state index contributed by atoms with van der Waals surface area (Å²) in [4.78, 5) is 2.22. The molecule has 0 fully saturated rings. The lowest BCUT2D eigenvalue weighted by molar-refractivity contribution is 0.295. The van der Waals surface area contributed by atoms with Gasteiger partial charge in [0.05, 0.1) is 5.69 Å². The number of aromatic nitrogens is 2. The van der Waals surface area contributed by atoms with Crippen molar-refractivity contribution in [3.63, 3.8) is 0 Å². The standard InChI is InChI=1S/C12H24N4/c1-9(15(4)5)7-13-10(2)12-8-16(6)14-11(12)3/h8-10,13H,7H2,1-6H3. The molecule has 1 aromatic rings. The minimum atomic E-state index is 0.358. The molecule has 1 heterocycles. The molecular formula is C12H24N4. The van der Waals surface area contributed by atoms with E-state index in [0.29, 0.717) is 12.1 Å². The van der Waals surface area contributed by atoms with Crippen LogP contribution in [0.25, 0.3) is 0 Å². The van der Waals surface area contributed by atoms with Crippen molar-refractivity contribution in [3.8, 4) is 0 Å². The Labute approximate surface area is 98.6 Å². The number of nitrogens with one attached hydrogen (secondary N) is 1. The maximum Gasteiger partial charge on any atom is 0.0641 e. The van der Waals surface area contributed by atoms with Crippen LogP contribution in [-0.2, 0) is 7.05 Å². The van der Waals surface area contributed by atoms with Crippen LogP contribution in [0.2, 0.25) is 0 Å². The van der Waals surface area contributed by atoms with E-state index in [1.807, 2.05) is 11.7 Å². The van der Waals surface area contributed by atoms with Gasteiger partial charge >= 0.3 is 0 Å². The number of hydrogen-bond acceptors (Lipinski definition) is 3. The average molecular weight is 224 g/mol. The topological polar surface area (TPSA) is 33.1 Å². The van der Waals surface area contributed by atoms with Gasteiger partial charge in [-0.3, -0.25) is 4.68 Å². The fourth-order valence-corrected chi connectivity index (χ4v) is 1.68. The van der Waals surface area contributed by atoms with Crippen LogP contribution in [0.3, 0.4) is 0 Å². The second kappa shape index (κ2) is 5.46. The normalized spacial score (nSPS) is 15.4. The first-order valence-corrected chi connectivity index (χ1v) is 5.81. The van der Waals surface area contributed by atoms with Crippen molar-refractivity contribution in [2.45, 2.75) is 32.9 Å². The lowest BCUT2D eigenvalue weighted by Gasteiger charge is -2.22. The number of hydrogen-bond donors (Lipinski definition) is 1. The van der Waals surface area contributed by atoms with E-state index >= 15 is 0 Å². The van der Waals surface area contributed by atoms with Gasteiger partial charge < -0.3 is 10.2 Å². The second-order valence-corrected chi connectivity index (χ2v) is 4.79. The zero-order valence-corrected chi connectivity index (χ0v) is 11.3. The van der Waals surface area contributed by atoms with Gasteiger partial charge in [0.2, 0.25) is 0 Å². The van der Waals surface area contributed by atoms with E-state index in [0.717, 1.165) is 12.2 Å². The van der Waals surface area contributed by atoms with Crippen LogP contribution in [0, 0.1) is 6.92 Å². The molecular weight excluding hydrogens is 200 g/mol. The van der Waals surface area contributed by atoms with E-state index < -0.39 is 0 Å². The van der Waals surface area contributed by atoms with Crippen LogP contribution >= 0.6 is 0 Å². The Morgan fingerprint density at radius 1 is 1.44 bits per heavy atom. The van der Waals surface area contributed by atoms with E-state index in [-0.39, 0.29) is 0 Å². The first kappa shape index (κ1) is 13.2. The molecule has 4 heteroatoms. The molecule has 0 bridgehead atoms. The third-order valence-electron chi connectivity index (χ3n) is 3.12. The molecule has 1 aromatic heterocycles. The summed E-state index contributed by atoms with van der Waals surface area (Å²) in [5.74, 6) is 0. The van der Waals surface area contributed by atoms with Gasteiger partial charge in [0.1, 0.15) is 0 Å². The number of rotatable bonds is 5. The van der Waals surface area contributed by atoms with Crippen molar-refractivity contribution >= 4 is 0 Å². The van der Waals surface area contributed by atoms with Crippen LogP contribution < -0.4 is 5.32 Å². The van der Waals surface area contributed by atoms with E-state index in [4.69, 9.17) is 0 Å². The second-order valence-electron chi connectivity index (χ2n) is 4.79. The lowest BCUT2D eigenvalue weighted by atomic mass is 10.1. The van der Waals surface area contributed by atoms with Crippen LogP contribution in [0.5, 0.6) is 0 Å². The van der Waals surface area contributed by atoms with Gasteiger partial charge in [0, 0.05) is 37.4 Å². The van der Waals surface area contributed by atoms with E-state index in [2.05, 4.69) is 56.4 Å². The van der Waals surface area contributed by atoms with Gasteiger partial charge in [-0.2, -0.15) is 5.10 Å². The molecule has 0 saturated heterocycles. The molecule has 4 nitrogen and oxygen atoms in total. The molecule has 0 aliphatic heterocycles. The summed E-state index contributed by atoms with van der Waals surface area (Å²) in [6, 6.07) is 0.899. The Morgan fingerprint density at radius 2 is 2.06 bits per heavy atom. The van der Waals surface area contributed by atoms with Gasteiger partial charge in [-0.1, -0.05) is 0 Å². The molecule has 1 N–H and O–H groups in total. The maximum atomic E-state index is 4.36. The first-order chi connectivity index (χ1) is 7.41. The molecule has 0 aliphatic rings. The molecule has 2 unspecified atom stereocenters. The molecule has 1 rings (SSSR count). The largest absolute Gasteiger partial charge is 0.309 e. The predicted molar refractivity (Wildman–Crippen MR) is 67.5 cm³/mol. The number of nitrogens with zero attached hydrogens (tertiary/aromatic N) is 3. The SMILES string of the molecule is Cc1nn(C)cc1C(C)NCC(C)N(C)C. The highest BCUT2D eigenvalue weighted by Crippen LogP contribution is 2.15. The predicted octanol–water partition coefficient (Wildman–Crippen LogP) is 1.33. The molecule has 0 spiro atoms. The zero-order chi connectivity index (χ0) is 12.3. The first-order valence-electron chi connectivity index (χ1n) is 5.81. The molecule has 0 aromatic carbocycles. The van der Waals surface area contributed by atoms with Crippen molar-refractivity contribution < 1.29 is 0 Å². The zero-order valence-electron chi connectivity index (χ0n) is 11.3. The van der Waals surface area contributed by atoms with E-state index in [1.54, 1.807) is 0 Å². The molecule has 16 heavy (non-hydrogen) atoms. The van der Waals surface area contributed by atoms with Gasteiger partial charge in [-0.05, 0) is 34.9 Å². The highest BCUT2D eigenvalue weighted by molar-refractivity contribution is 5.19. The molecule has 92 valence electrons. The minimum absolute atomic E-state index is 0.358. The summed E-state index contributed by atoms with van der Waals surface area (Å²) >= 11 is 0. The Bertz CT molecular complexity index is 330. The molecule has 0 aliphatic carbocycles. The van der Waals surface area contributed by atoms with Crippen LogP contribution in [0.15, 0.2) is 6.20 Å². The molecule has 0 radical (unpaired) electrons. The van der Waals surface area contributed by atoms with Crippen molar-refractivity contribution in [3.05, 3.63) is 17.5 Å². The molecule has 0 amide bonds. The van der Waals surface area contributed by atoms with Crippen LogP contribution in [0.1, 0.15) is 31.1 Å². The summed E-state index contributed by atoms with van der Waals surface area (Å²) in [5, 5.41) is 7.90. The Hall–Kier alpha value is -0.870. The van der Waals surface area contributed by atoms with Gasteiger partial charge in [-0.15, -0.1) is 0 Å². The number of aryl methyl sites for hydroxylation is 2. The third kappa shape index (κ3) is 3.32. The quantitative estimate of drug-likeness (QED) is 0.819. The highest BCUT2D eigenvalue weighted by atomic mass is 15.3. The highest BCUT2D eigenvalue weighted by Gasteiger charge is 2.12. The fraction of sp³-hybridized carbons (Fsp3) is 0.750. The summed E-state index contributed by atoms with van der Waals surface area (Å²) < 4.78 is 1.87. The molecule has 2 atom stereocenters. The fourth-order valence-electron chi connectivity index (χ4n) is 1.68. The monoisotopic (exact) mass is 224 g/mol. The summed E-state index contributed by atoms with van der Waals surface area (Å²) in [6.45, 7) is 7.45. The third-order valence-corrected chi connectivity index (χ3v) is 3.12. The summed E-state index contributed by atoms with van der Waals surface area (Å²) in [5.41, 5.74) is 2.40. The van der Waals surface area contributed by atoms with Gasteiger partial charge in [-0.25, -0.2) is 0 Å². The Balaban J connectivity index is 2.53. The van der Waals surface area contributed by atoms with E-state index in [9.17, 15) is 0 Å². The van der Waals surface area contributed by atoms with Gasteiger partial charge in [0.25, 0.3) is 0 Å². The average Bonchev–Trinajstić information content (AvgIpc) is 2.53. The summed E-state index contributed by atoms with van der Waals surface area (Å²) in [6.07, 6.45) is 2.09. The van der Waals surface area contributed by atoms with Gasteiger partial charge in [0.15, 0.2) is 0 Å². The summed E-state index contributed by atoms with van der Waals surface area (Å²) in [7, 11) is 6.17. The van der Waals surface area contributed by atoms with Crippen molar-refractivity contribution in [1.82, 2.24) is 20.0 Å². The lowest BCUT2D eigenvalue weighted by Crippen LogP contribution is -2.36. The van der Waals surface area contributed by atoms with Crippen molar-refractivity contribution in [2.24, 2.45) is 7.05 Å². The van der Waals surface area contributed by atoms with Crippen molar-refractivity contribution in [1.29, 1.82) is 0 Å². The van der Waals surface area contributed by atoms with Crippen molar-refractivity contribution in [2.75, 3.05) is 20.6 Å². The van der Waals surface area contributed by atoms with E-state index in [1.165, 1.54) is 5.56 Å². The minimum Gasteiger partial charge on any atom is -0.309 e.